The largest absolute Gasteiger partial charge is 0.444 e. The van der Waals surface area contributed by atoms with Gasteiger partial charge in [0.25, 0.3) is 0 Å². The number of amides is 1. The highest BCUT2D eigenvalue weighted by Gasteiger charge is 2.27. The number of aliphatic hydroxyl groups excluding tert-OH is 1. The fraction of sp³-hybridized carbons (Fsp3) is 0.308. The van der Waals surface area contributed by atoms with Crippen LogP contribution in [0.2, 0.25) is 0 Å². The predicted octanol–water partition coefficient (Wildman–Crippen LogP) is 4.53. The molecule has 6 heteroatoms. The summed E-state index contributed by atoms with van der Waals surface area (Å²) in [6.45, 7) is 5.50. The predicted molar refractivity (Wildman–Crippen MR) is 127 cm³/mol. The second-order valence-electron chi connectivity index (χ2n) is 8.19. The molecular weight excluding hydrogens is 402 g/mol. The second-order valence-corrected chi connectivity index (χ2v) is 8.19. The molecule has 2 aromatic carbocycles. The number of nitrogens with zero attached hydrogens (tertiary/aromatic N) is 2. The van der Waals surface area contributed by atoms with Gasteiger partial charge in [-0.15, -0.1) is 0 Å². The maximum atomic E-state index is 12.4. The van der Waals surface area contributed by atoms with Crippen molar-refractivity contribution in [2.45, 2.75) is 32.3 Å². The highest BCUT2D eigenvalue weighted by molar-refractivity contribution is 5.92. The molecule has 1 atom stereocenters. The molecule has 1 saturated heterocycles. The van der Waals surface area contributed by atoms with Gasteiger partial charge in [0.1, 0.15) is 12.7 Å². The number of carbonyl (C=O) groups is 1. The molecule has 2 N–H and O–H groups in total. The first-order valence-corrected chi connectivity index (χ1v) is 10.8. The van der Waals surface area contributed by atoms with E-state index in [1.54, 1.807) is 6.20 Å². The van der Waals surface area contributed by atoms with Crippen LogP contribution in [-0.4, -0.2) is 42.0 Å². The Morgan fingerprint density at radius 3 is 2.81 bits per heavy atom. The lowest BCUT2D eigenvalue weighted by Gasteiger charge is -2.20. The Kier molecular flexibility index (Phi) is 6.58. The Balaban J connectivity index is 1.42. The van der Waals surface area contributed by atoms with Crippen LogP contribution < -0.4 is 10.2 Å². The van der Waals surface area contributed by atoms with Crippen molar-refractivity contribution in [2.75, 3.05) is 29.9 Å². The van der Waals surface area contributed by atoms with Gasteiger partial charge in [0.2, 0.25) is 0 Å². The highest BCUT2D eigenvalue weighted by atomic mass is 16.6. The van der Waals surface area contributed by atoms with Crippen molar-refractivity contribution in [2.24, 2.45) is 0 Å². The fourth-order valence-corrected chi connectivity index (χ4v) is 3.92. The van der Waals surface area contributed by atoms with Crippen LogP contribution in [-0.2, 0) is 4.74 Å². The Morgan fingerprint density at radius 1 is 1.25 bits per heavy atom. The minimum absolute atomic E-state index is 0.174. The van der Waals surface area contributed by atoms with Crippen LogP contribution in [0.4, 0.5) is 16.2 Å². The summed E-state index contributed by atoms with van der Waals surface area (Å²) in [5.41, 5.74) is 4.70. The number of anilines is 2. The standard InChI is InChI=1S/C26H27N3O3/c1-18(2)20-6-8-21(9-7-20)28-26(31)32-22-12-14-29(17-22)25-11-13-27-24-10-5-19(4-3-15-30)16-23(24)25/h5-11,13,16,18,22,30H,12,14-15,17H2,1-2H3,(H,28,31). The molecule has 6 nitrogen and oxygen atoms in total. The molecule has 1 amide bonds. The van der Waals surface area contributed by atoms with Gasteiger partial charge in [0.15, 0.2) is 0 Å². The highest BCUT2D eigenvalue weighted by Crippen LogP contribution is 2.30. The van der Waals surface area contributed by atoms with E-state index in [9.17, 15) is 4.79 Å². The van der Waals surface area contributed by atoms with Gasteiger partial charge in [0, 0.05) is 41.5 Å². The van der Waals surface area contributed by atoms with Gasteiger partial charge in [-0.3, -0.25) is 10.3 Å². The number of nitrogens with one attached hydrogen (secondary N) is 1. The van der Waals surface area contributed by atoms with E-state index in [-0.39, 0.29) is 12.7 Å². The summed E-state index contributed by atoms with van der Waals surface area (Å²) in [6.07, 6.45) is 1.92. The van der Waals surface area contributed by atoms with Crippen LogP contribution in [0, 0.1) is 11.8 Å². The third-order valence-electron chi connectivity index (χ3n) is 5.61. The molecule has 1 fully saturated rings. The van der Waals surface area contributed by atoms with Crippen molar-refractivity contribution in [3.8, 4) is 11.8 Å². The molecule has 1 aromatic heterocycles. The van der Waals surface area contributed by atoms with Crippen molar-refractivity contribution in [3.63, 3.8) is 0 Å². The lowest BCUT2D eigenvalue weighted by Crippen LogP contribution is -2.26. The number of rotatable bonds is 4. The number of aromatic nitrogens is 1. The number of carbonyl (C=O) groups excluding carboxylic acids is 1. The zero-order valence-corrected chi connectivity index (χ0v) is 18.3. The number of benzene rings is 2. The molecule has 164 valence electrons. The first-order chi connectivity index (χ1) is 15.5. The van der Waals surface area contributed by atoms with Gasteiger partial charge in [0.05, 0.1) is 12.1 Å². The van der Waals surface area contributed by atoms with E-state index in [2.05, 4.69) is 40.9 Å². The van der Waals surface area contributed by atoms with Crippen LogP contribution in [0.25, 0.3) is 10.9 Å². The van der Waals surface area contributed by atoms with E-state index >= 15 is 0 Å². The van der Waals surface area contributed by atoms with Crippen LogP contribution in [0.1, 0.15) is 37.3 Å². The summed E-state index contributed by atoms with van der Waals surface area (Å²) >= 11 is 0. The van der Waals surface area contributed by atoms with E-state index < -0.39 is 6.09 Å². The van der Waals surface area contributed by atoms with Crippen LogP contribution in [0.15, 0.2) is 54.7 Å². The average Bonchev–Trinajstić information content (AvgIpc) is 3.25. The minimum atomic E-state index is -0.435. The number of hydrogen-bond donors (Lipinski definition) is 2. The van der Waals surface area contributed by atoms with Crippen molar-refractivity contribution in [1.82, 2.24) is 4.98 Å². The molecule has 2 heterocycles. The lowest BCUT2D eigenvalue weighted by atomic mass is 10.0. The Labute approximate surface area is 188 Å². The molecular formula is C26H27N3O3. The molecule has 0 saturated carbocycles. The molecule has 32 heavy (non-hydrogen) atoms. The Morgan fingerprint density at radius 2 is 2.06 bits per heavy atom. The van der Waals surface area contributed by atoms with Crippen molar-refractivity contribution in [1.29, 1.82) is 0 Å². The number of ether oxygens (including phenoxy) is 1. The van der Waals surface area contributed by atoms with Crippen molar-refractivity contribution >= 4 is 28.4 Å². The Bertz CT molecular complexity index is 1160. The van der Waals surface area contributed by atoms with Crippen molar-refractivity contribution in [3.05, 3.63) is 65.9 Å². The van der Waals surface area contributed by atoms with Crippen molar-refractivity contribution < 1.29 is 14.6 Å². The zero-order chi connectivity index (χ0) is 22.5. The summed E-state index contributed by atoms with van der Waals surface area (Å²) in [5, 5.41) is 12.8. The van der Waals surface area contributed by atoms with Gasteiger partial charge in [-0.25, -0.2) is 4.79 Å². The SMILES string of the molecule is CC(C)c1ccc(NC(=O)OC2CCN(c3ccnc4ccc(C#CCO)cc34)C2)cc1. The normalized spacial score (nSPS) is 15.5. The number of hydrogen-bond acceptors (Lipinski definition) is 5. The molecule has 1 unspecified atom stereocenters. The number of fused-ring (bicyclic) bond motifs is 1. The van der Waals surface area contributed by atoms with E-state index in [1.165, 1.54) is 5.56 Å². The third kappa shape index (κ3) is 5.01. The minimum Gasteiger partial charge on any atom is -0.444 e. The van der Waals surface area contributed by atoms with Gasteiger partial charge in [-0.05, 0) is 47.9 Å². The summed E-state index contributed by atoms with van der Waals surface area (Å²) < 4.78 is 5.68. The van der Waals surface area contributed by atoms with E-state index in [1.807, 2.05) is 48.5 Å². The van der Waals surface area contributed by atoms with Gasteiger partial charge < -0.3 is 14.7 Å². The van der Waals surface area contributed by atoms with E-state index in [0.29, 0.717) is 12.5 Å². The van der Waals surface area contributed by atoms with Gasteiger partial charge >= 0.3 is 6.09 Å². The smallest absolute Gasteiger partial charge is 0.411 e. The monoisotopic (exact) mass is 429 g/mol. The lowest BCUT2D eigenvalue weighted by molar-refractivity contribution is 0.122. The Hall–Kier alpha value is -3.56. The molecule has 0 spiro atoms. The third-order valence-corrected chi connectivity index (χ3v) is 5.61. The molecule has 0 radical (unpaired) electrons. The summed E-state index contributed by atoms with van der Waals surface area (Å²) in [7, 11) is 0. The topological polar surface area (TPSA) is 74.7 Å². The maximum Gasteiger partial charge on any atom is 0.411 e. The fourth-order valence-electron chi connectivity index (χ4n) is 3.92. The van der Waals surface area contributed by atoms with Gasteiger partial charge in [-0.2, -0.15) is 0 Å². The van der Waals surface area contributed by atoms with Crippen LogP contribution in [0.3, 0.4) is 0 Å². The molecule has 3 aromatic rings. The van der Waals surface area contributed by atoms with E-state index in [4.69, 9.17) is 9.84 Å². The summed E-state index contributed by atoms with van der Waals surface area (Å²) in [6, 6.07) is 15.6. The number of pyridine rings is 1. The first kappa shape index (κ1) is 21.7. The average molecular weight is 430 g/mol. The molecule has 1 aliphatic heterocycles. The number of aliphatic hydroxyl groups is 1. The molecule has 0 bridgehead atoms. The second kappa shape index (κ2) is 9.71. The zero-order valence-electron chi connectivity index (χ0n) is 18.3. The molecule has 1 aliphatic rings. The summed E-state index contributed by atoms with van der Waals surface area (Å²) in [5.74, 6) is 6.08. The van der Waals surface area contributed by atoms with Crippen LogP contribution in [0.5, 0.6) is 0 Å². The quantitative estimate of drug-likeness (QED) is 0.596. The molecule has 4 rings (SSSR count). The maximum absolute atomic E-state index is 12.4. The van der Waals surface area contributed by atoms with Crippen LogP contribution >= 0.6 is 0 Å². The van der Waals surface area contributed by atoms with E-state index in [0.717, 1.165) is 40.8 Å². The molecule has 0 aliphatic carbocycles. The van der Waals surface area contributed by atoms with Gasteiger partial charge in [-0.1, -0.05) is 37.8 Å². The first-order valence-electron chi connectivity index (χ1n) is 10.8. The summed E-state index contributed by atoms with van der Waals surface area (Å²) in [4.78, 5) is 19.0.